The molecule has 12 heavy (non-hydrogen) atoms. The molecule has 1 rings (SSSR count). The van der Waals surface area contributed by atoms with Gasteiger partial charge in [0.2, 0.25) is 0 Å². The minimum absolute atomic E-state index is 0.218. The Balaban J connectivity index is 3.02. The van der Waals surface area contributed by atoms with Crippen molar-refractivity contribution in [1.29, 1.82) is 0 Å². The van der Waals surface area contributed by atoms with E-state index >= 15 is 0 Å². The Hall–Kier alpha value is -1.51. The summed E-state index contributed by atoms with van der Waals surface area (Å²) in [6, 6.07) is 7.00. The molecule has 0 heterocycles. The van der Waals surface area contributed by atoms with E-state index in [9.17, 15) is 5.11 Å². The lowest BCUT2D eigenvalue weighted by Crippen LogP contribution is -1.95. The molecule has 0 aliphatic rings. The molecule has 1 N–H and O–H groups in total. The van der Waals surface area contributed by atoms with Gasteiger partial charge >= 0.3 is 0 Å². The van der Waals surface area contributed by atoms with Crippen LogP contribution in [0.3, 0.4) is 0 Å². The van der Waals surface area contributed by atoms with E-state index in [-0.39, 0.29) is 5.75 Å². The topological polar surface area (TPSA) is 41.8 Å². The first-order valence-corrected chi connectivity index (χ1v) is 3.62. The standard InChI is InChI=1S/C9H11NO2/c1-7(10-12-2)8-5-3-4-6-9(8)11/h3-6,11H,1-2H3/b10-7+. The molecule has 0 saturated heterocycles. The lowest BCUT2D eigenvalue weighted by atomic mass is 10.1. The molecule has 3 nitrogen and oxygen atoms in total. The van der Waals surface area contributed by atoms with E-state index in [1.807, 2.05) is 6.07 Å². The third kappa shape index (κ3) is 1.75. The van der Waals surface area contributed by atoms with Gasteiger partial charge in [0.15, 0.2) is 0 Å². The molecule has 0 unspecified atom stereocenters. The highest BCUT2D eigenvalue weighted by molar-refractivity contribution is 6.00. The average Bonchev–Trinajstić information content (AvgIpc) is 2.05. The molecule has 0 radical (unpaired) electrons. The number of phenolic OH excluding ortho intramolecular Hbond substituents is 1. The second kappa shape index (κ2) is 3.76. The first kappa shape index (κ1) is 8.59. The van der Waals surface area contributed by atoms with Crippen LogP contribution in [0.2, 0.25) is 0 Å². The van der Waals surface area contributed by atoms with Crippen molar-refractivity contribution in [1.82, 2.24) is 0 Å². The average molecular weight is 165 g/mol. The number of hydrogen-bond donors (Lipinski definition) is 1. The van der Waals surface area contributed by atoms with Gasteiger partial charge in [-0.3, -0.25) is 0 Å². The molecule has 0 atom stereocenters. The van der Waals surface area contributed by atoms with Crippen molar-refractivity contribution in [2.24, 2.45) is 5.16 Å². The molecule has 0 amide bonds. The predicted octanol–water partition coefficient (Wildman–Crippen LogP) is 1.76. The maximum atomic E-state index is 9.37. The number of nitrogens with zero attached hydrogens (tertiary/aromatic N) is 1. The fraction of sp³-hybridized carbons (Fsp3) is 0.222. The highest BCUT2D eigenvalue weighted by atomic mass is 16.6. The summed E-state index contributed by atoms with van der Waals surface area (Å²) < 4.78 is 0. The van der Waals surface area contributed by atoms with Crippen LogP contribution in [0.5, 0.6) is 5.75 Å². The van der Waals surface area contributed by atoms with Gasteiger partial charge in [-0.25, -0.2) is 0 Å². The van der Waals surface area contributed by atoms with Crippen LogP contribution in [0, 0.1) is 0 Å². The number of phenols is 1. The first-order valence-electron chi connectivity index (χ1n) is 3.62. The molecule has 0 saturated carbocycles. The Bertz CT molecular complexity index is 294. The summed E-state index contributed by atoms with van der Waals surface area (Å²) in [4.78, 5) is 4.59. The fourth-order valence-corrected chi connectivity index (χ4v) is 0.966. The van der Waals surface area contributed by atoms with Crippen molar-refractivity contribution in [3.8, 4) is 5.75 Å². The second-order valence-electron chi connectivity index (χ2n) is 2.38. The van der Waals surface area contributed by atoms with E-state index in [4.69, 9.17) is 0 Å². The van der Waals surface area contributed by atoms with Crippen molar-refractivity contribution < 1.29 is 9.94 Å². The van der Waals surface area contributed by atoms with Gasteiger partial charge in [0.25, 0.3) is 0 Å². The first-order chi connectivity index (χ1) is 5.75. The third-order valence-corrected chi connectivity index (χ3v) is 1.52. The van der Waals surface area contributed by atoms with E-state index in [2.05, 4.69) is 9.99 Å². The molecule has 0 aliphatic carbocycles. The number of rotatable bonds is 2. The minimum Gasteiger partial charge on any atom is -0.507 e. The van der Waals surface area contributed by atoms with Crippen molar-refractivity contribution in [3.05, 3.63) is 29.8 Å². The summed E-state index contributed by atoms with van der Waals surface area (Å²) in [6.45, 7) is 1.78. The zero-order valence-corrected chi connectivity index (χ0v) is 7.11. The number of para-hydroxylation sites is 1. The van der Waals surface area contributed by atoms with E-state index in [1.54, 1.807) is 25.1 Å². The summed E-state index contributed by atoms with van der Waals surface area (Å²) in [6.07, 6.45) is 0. The van der Waals surface area contributed by atoms with Gasteiger partial charge in [-0.05, 0) is 19.1 Å². The van der Waals surface area contributed by atoms with E-state index in [0.717, 1.165) is 0 Å². The molecule has 0 aromatic heterocycles. The number of benzene rings is 1. The summed E-state index contributed by atoms with van der Waals surface area (Å²) in [5.41, 5.74) is 1.36. The molecule has 0 spiro atoms. The van der Waals surface area contributed by atoms with Gasteiger partial charge in [0, 0.05) is 5.56 Å². The smallest absolute Gasteiger partial charge is 0.124 e. The van der Waals surface area contributed by atoms with Crippen molar-refractivity contribution >= 4 is 5.71 Å². The second-order valence-corrected chi connectivity index (χ2v) is 2.38. The Morgan fingerprint density at radius 3 is 2.67 bits per heavy atom. The highest BCUT2D eigenvalue weighted by Crippen LogP contribution is 2.16. The van der Waals surface area contributed by atoms with Gasteiger partial charge in [0.1, 0.15) is 12.9 Å². The van der Waals surface area contributed by atoms with Gasteiger partial charge in [-0.2, -0.15) is 0 Å². The lowest BCUT2D eigenvalue weighted by molar-refractivity contribution is 0.213. The molecule has 3 heteroatoms. The summed E-state index contributed by atoms with van der Waals surface area (Å²) in [5, 5.41) is 13.1. The summed E-state index contributed by atoms with van der Waals surface area (Å²) >= 11 is 0. The largest absolute Gasteiger partial charge is 0.507 e. The molecule has 1 aromatic rings. The van der Waals surface area contributed by atoms with Gasteiger partial charge < -0.3 is 9.94 Å². The molecule has 0 bridgehead atoms. The van der Waals surface area contributed by atoms with Crippen LogP contribution in [0.25, 0.3) is 0 Å². The van der Waals surface area contributed by atoms with Crippen LogP contribution >= 0.6 is 0 Å². The zero-order chi connectivity index (χ0) is 8.97. The normalized spacial score (nSPS) is 11.3. The maximum Gasteiger partial charge on any atom is 0.124 e. The number of hydrogen-bond acceptors (Lipinski definition) is 3. The maximum absolute atomic E-state index is 9.37. The molecular formula is C9H11NO2. The van der Waals surface area contributed by atoms with Crippen LogP contribution in [0.15, 0.2) is 29.4 Å². The SMILES string of the molecule is CO/N=C(\C)c1ccccc1O. The Morgan fingerprint density at radius 1 is 1.42 bits per heavy atom. The molecule has 0 aliphatic heterocycles. The van der Waals surface area contributed by atoms with Crippen molar-refractivity contribution in [2.75, 3.05) is 7.11 Å². The Morgan fingerprint density at radius 2 is 2.08 bits per heavy atom. The highest BCUT2D eigenvalue weighted by Gasteiger charge is 2.02. The van der Waals surface area contributed by atoms with E-state index in [0.29, 0.717) is 11.3 Å². The lowest BCUT2D eigenvalue weighted by Gasteiger charge is -2.01. The van der Waals surface area contributed by atoms with E-state index in [1.165, 1.54) is 7.11 Å². The fourth-order valence-electron chi connectivity index (χ4n) is 0.966. The van der Waals surface area contributed by atoms with Crippen molar-refractivity contribution in [3.63, 3.8) is 0 Å². The monoisotopic (exact) mass is 165 g/mol. The Labute approximate surface area is 71.3 Å². The van der Waals surface area contributed by atoms with Crippen LogP contribution in [0.1, 0.15) is 12.5 Å². The van der Waals surface area contributed by atoms with Crippen LogP contribution in [-0.4, -0.2) is 17.9 Å². The number of aromatic hydroxyl groups is 1. The van der Waals surface area contributed by atoms with Crippen LogP contribution in [-0.2, 0) is 4.84 Å². The zero-order valence-electron chi connectivity index (χ0n) is 7.11. The van der Waals surface area contributed by atoms with Crippen LogP contribution < -0.4 is 0 Å². The minimum atomic E-state index is 0.218. The Kier molecular flexibility index (Phi) is 2.69. The molecule has 1 aromatic carbocycles. The number of oxime groups is 1. The summed E-state index contributed by atoms with van der Waals surface area (Å²) in [5.74, 6) is 0.218. The van der Waals surface area contributed by atoms with Crippen molar-refractivity contribution in [2.45, 2.75) is 6.92 Å². The van der Waals surface area contributed by atoms with Gasteiger partial charge in [-0.15, -0.1) is 0 Å². The molecular weight excluding hydrogens is 154 g/mol. The molecule has 64 valence electrons. The third-order valence-electron chi connectivity index (χ3n) is 1.52. The molecule has 0 fully saturated rings. The van der Waals surface area contributed by atoms with Gasteiger partial charge in [0.05, 0.1) is 5.71 Å². The van der Waals surface area contributed by atoms with E-state index < -0.39 is 0 Å². The summed E-state index contributed by atoms with van der Waals surface area (Å²) in [7, 11) is 1.48. The van der Waals surface area contributed by atoms with Gasteiger partial charge in [-0.1, -0.05) is 17.3 Å². The quantitative estimate of drug-likeness (QED) is 0.536. The predicted molar refractivity (Wildman–Crippen MR) is 47.3 cm³/mol. The van der Waals surface area contributed by atoms with Crippen LogP contribution in [0.4, 0.5) is 0 Å².